The molecule has 0 aliphatic heterocycles. The first-order chi connectivity index (χ1) is 35.5. The van der Waals surface area contributed by atoms with Crippen molar-refractivity contribution in [2.75, 3.05) is 39.8 Å². The molecule has 0 saturated carbocycles. The summed E-state index contributed by atoms with van der Waals surface area (Å²) in [5, 5.41) is 15.6. The second-order valence-corrected chi connectivity index (χ2v) is 20.3. The fourth-order valence-corrected chi connectivity index (χ4v) is 7.75. The van der Waals surface area contributed by atoms with Gasteiger partial charge in [-0.05, 0) is 106 Å². The highest BCUT2D eigenvalue weighted by atomic mass is 32.2. The molecule has 0 aliphatic rings. The van der Waals surface area contributed by atoms with Gasteiger partial charge in [-0.2, -0.15) is 8.42 Å². The molecule has 0 radical (unpaired) electrons. The number of aliphatic hydroxyl groups is 1. The number of aryl methyl sites for hydroxylation is 5. The predicted octanol–water partition coefficient (Wildman–Crippen LogP) is 9.81. The Balaban J connectivity index is 0.000000256. The SMILES string of the molecule is COc1ccc(COC(C)COS(C)(=O)=O)cc1.Cc1ccc(COC(C)COCC(Cc2ccc(C)cc2)NC(=O)CCc2ccccc2)cc1.Cc1ccc(C[C@@H](CO)NC(=O)CCc2ccccc2)cc1. The number of rotatable bonds is 27. The highest BCUT2D eigenvalue weighted by Crippen LogP contribution is 2.14. The monoisotopic (exact) mass is 1030 g/mol. The molecule has 6 aromatic carbocycles. The number of carbonyl (C=O) groups is 2. The van der Waals surface area contributed by atoms with Crippen LogP contribution in [0.1, 0.15) is 76.8 Å². The summed E-state index contributed by atoms with van der Waals surface area (Å²) in [5.41, 5.74) is 10.4. The van der Waals surface area contributed by atoms with Gasteiger partial charge in [0.15, 0.2) is 0 Å². The maximum Gasteiger partial charge on any atom is 0.264 e. The molecule has 0 spiro atoms. The van der Waals surface area contributed by atoms with Crippen molar-refractivity contribution < 1.29 is 46.2 Å². The van der Waals surface area contributed by atoms with Gasteiger partial charge in [-0.25, -0.2) is 0 Å². The van der Waals surface area contributed by atoms with E-state index in [1.165, 1.54) is 27.8 Å². The molecule has 0 saturated heterocycles. The van der Waals surface area contributed by atoms with Crippen molar-refractivity contribution in [3.05, 3.63) is 208 Å². The Hall–Kier alpha value is -6.19. The minimum atomic E-state index is -3.41. The summed E-state index contributed by atoms with van der Waals surface area (Å²) in [4.78, 5) is 24.7. The van der Waals surface area contributed by atoms with Crippen LogP contribution in [0.25, 0.3) is 0 Å². The van der Waals surface area contributed by atoms with Crippen LogP contribution >= 0.6 is 0 Å². The van der Waals surface area contributed by atoms with Crippen LogP contribution in [0.3, 0.4) is 0 Å². The van der Waals surface area contributed by atoms with Crippen molar-refractivity contribution in [2.24, 2.45) is 0 Å². The zero-order chi connectivity index (χ0) is 53.6. The van der Waals surface area contributed by atoms with E-state index in [1.807, 2.05) is 111 Å². The topological polar surface area (TPSA) is 159 Å². The Kier molecular flexibility index (Phi) is 27.4. The second kappa shape index (κ2) is 33.6. The fraction of sp³-hybridized carbons (Fsp3) is 0.377. The number of aliphatic hydroxyl groups excluding tert-OH is 1. The number of nitrogens with one attached hydrogen (secondary N) is 2. The number of hydrogen-bond acceptors (Lipinski definition) is 10. The van der Waals surface area contributed by atoms with Gasteiger partial charge in [-0.15, -0.1) is 0 Å². The zero-order valence-corrected chi connectivity index (χ0v) is 45.2. The number of carbonyl (C=O) groups excluding carboxylic acids is 2. The van der Waals surface area contributed by atoms with Gasteiger partial charge in [0, 0.05) is 12.8 Å². The van der Waals surface area contributed by atoms with E-state index in [-0.39, 0.29) is 49.3 Å². The Morgan fingerprint density at radius 2 is 0.905 bits per heavy atom. The first-order valence-electron chi connectivity index (χ1n) is 25.3. The van der Waals surface area contributed by atoms with Crippen molar-refractivity contribution >= 4 is 21.9 Å². The molecule has 0 heterocycles. The molecule has 74 heavy (non-hydrogen) atoms. The van der Waals surface area contributed by atoms with Gasteiger partial charge in [0.25, 0.3) is 10.1 Å². The number of hydrogen-bond donors (Lipinski definition) is 3. The van der Waals surface area contributed by atoms with E-state index in [4.69, 9.17) is 18.9 Å². The molecule has 12 nitrogen and oxygen atoms in total. The van der Waals surface area contributed by atoms with E-state index < -0.39 is 10.1 Å². The average molecular weight is 1030 g/mol. The molecule has 0 aliphatic carbocycles. The second-order valence-electron chi connectivity index (χ2n) is 18.7. The van der Waals surface area contributed by atoms with Gasteiger partial charge < -0.3 is 34.7 Å². The van der Waals surface area contributed by atoms with Gasteiger partial charge in [0.2, 0.25) is 11.8 Å². The van der Waals surface area contributed by atoms with Crippen LogP contribution in [-0.4, -0.2) is 89.4 Å². The standard InChI is InChI=1S/C30H37NO3.C19H23NO2.C12H18O5S/c1-23-9-13-27(14-10-23)19-29(31-30(32)18-17-26-7-5-4-6-8-26)22-33-20-25(3)34-21-28-15-11-24(2)12-16-28;1-15-7-9-17(10-8-15)13-18(14-21)20-19(22)12-11-16-5-3-2-4-6-16;1-10(8-17-18(3,13)14)16-9-11-4-6-12(15-2)7-5-11/h4-16,25,29H,17-22H2,1-3H3,(H,31,32);2-10,18,21H,11-14H2,1H3,(H,20,22);4-7,10H,8-9H2,1-3H3/t;18-;/m.0./s1. The summed E-state index contributed by atoms with van der Waals surface area (Å²) < 4.78 is 48.7. The molecule has 6 aromatic rings. The first-order valence-corrected chi connectivity index (χ1v) is 27.1. The molecule has 4 atom stereocenters. The van der Waals surface area contributed by atoms with Crippen LogP contribution < -0.4 is 15.4 Å². The van der Waals surface area contributed by atoms with Gasteiger partial charge in [0.05, 0.1) is 77.3 Å². The molecule has 6 rings (SSSR count). The summed E-state index contributed by atoms with van der Waals surface area (Å²) in [6, 6.07) is 52.2. The number of benzene rings is 6. The van der Waals surface area contributed by atoms with Gasteiger partial charge in [-0.1, -0.05) is 162 Å². The summed E-state index contributed by atoms with van der Waals surface area (Å²) in [6.07, 6.45) is 4.42. The van der Waals surface area contributed by atoms with Crippen LogP contribution in [0.4, 0.5) is 0 Å². The molecule has 13 heteroatoms. The fourth-order valence-electron chi connectivity index (χ4n) is 7.31. The largest absolute Gasteiger partial charge is 0.497 e. The van der Waals surface area contributed by atoms with Gasteiger partial charge in [-0.3, -0.25) is 13.8 Å². The van der Waals surface area contributed by atoms with Crippen LogP contribution in [-0.2, 0) is 77.0 Å². The molecule has 0 aromatic heterocycles. The molecule has 3 N–H and O–H groups in total. The molecule has 3 unspecified atom stereocenters. The van der Waals surface area contributed by atoms with Crippen molar-refractivity contribution in [1.82, 2.24) is 10.6 Å². The third-order valence-corrected chi connectivity index (χ3v) is 12.2. The summed E-state index contributed by atoms with van der Waals surface area (Å²) >= 11 is 0. The summed E-state index contributed by atoms with van der Waals surface area (Å²) in [6.45, 7) is 11.8. The summed E-state index contributed by atoms with van der Waals surface area (Å²) in [7, 11) is -1.80. The molecular formula is C61H78N2O10S. The molecule has 398 valence electrons. The highest BCUT2D eigenvalue weighted by molar-refractivity contribution is 7.85. The Bertz CT molecular complexity index is 2580. The van der Waals surface area contributed by atoms with Crippen LogP contribution in [0.15, 0.2) is 158 Å². The van der Waals surface area contributed by atoms with E-state index in [9.17, 15) is 23.1 Å². The van der Waals surface area contributed by atoms with E-state index in [0.29, 0.717) is 45.7 Å². The van der Waals surface area contributed by atoms with Crippen LogP contribution in [0.2, 0.25) is 0 Å². The van der Waals surface area contributed by atoms with Gasteiger partial charge >= 0.3 is 0 Å². The van der Waals surface area contributed by atoms with E-state index in [2.05, 4.69) is 89.3 Å². The lowest BCUT2D eigenvalue weighted by Crippen LogP contribution is -2.40. The van der Waals surface area contributed by atoms with E-state index in [1.54, 1.807) is 14.0 Å². The Labute approximate surface area is 440 Å². The quantitative estimate of drug-likeness (QED) is 0.0424. The third-order valence-electron chi connectivity index (χ3n) is 11.7. The maximum absolute atomic E-state index is 12.7. The smallest absolute Gasteiger partial charge is 0.264 e. The van der Waals surface area contributed by atoms with Crippen molar-refractivity contribution in [2.45, 2.75) is 111 Å². The lowest BCUT2D eigenvalue weighted by Gasteiger charge is -2.21. The molecule has 0 bridgehead atoms. The average Bonchev–Trinajstić information content (AvgIpc) is 3.40. The minimum absolute atomic E-state index is 0.0185. The normalized spacial score (nSPS) is 12.6. The van der Waals surface area contributed by atoms with Crippen molar-refractivity contribution in [1.29, 1.82) is 0 Å². The van der Waals surface area contributed by atoms with Crippen molar-refractivity contribution in [3.63, 3.8) is 0 Å². The van der Waals surface area contributed by atoms with Crippen molar-refractivity contribution in [3.8, 4) is 5.75 Å². The first kappa shape index (κ1) is 60.4. The number of ether oxygens (including phenoxy) is 4. The molecular weight excluding hydrogens is 953 g/mol. The lowest BCUT2D eigenvalue weighted by molar-refractivity contribution is -0.123. The molecule has 2 amide bonds. The van der Waals surface area contributed by atoms with Crippen LogP contribution in [0, 0.1) is 20.8 Å². The maximum atomic E-state index is 12.7. The lowest BCUT2D eigenvalue weighted by atomic mass is 10.0. The van der Waals surface area contributed by atoms with Crippen LogP contribution in [0.5, 0.6) is 5.75 Å². The number of methoxy groups -OCH3 is 1. The van der Waals surface area contributed by atoms with E-state index in [0.717, 1.165) is 53.5 Å². The third kappa shape index (κ3) is 26.7. The summed E-state index contributed by atoms with van der Waals surface area (Å²) in [5.74, 6) is 0.815. The van der Waals surface area contributed by atoms with Gasteiger partial charge in [0.1, 0.15) is 5.75 Å². The highest BCUT2D eigenvalue weighted by Gasteiger charge is 2.16. The Morgan fingerprint density at radius 3 is 1.32 bits per heavy atom. The predicted molar refractivity (Wildman–Crippen MR) is 295 cm³/mol. The van der Waals surface area contributed by atoms with E-state index >= 15 is 0 Å². The molecule has 0 fully saturated rings. The number of amides is 2. The Morgan fingerprint density at radius 1 is 0.514 bits per heavy atom. The zero-order valence-electron chi connectivity index (χ0n) is 44.3. The minimum Gasteiger partial charge on any atom is -0.497 e.